The summed E-state index contributed by atoms with van der Waals surface area (Å²) in [6.07, 6.45) is 2.78. The van der Waals surface area contributed by atoms with Gasteiger partial charge < -0.3 is 32.4 Å². The summed E-state index contributed by atoms with van der Waals surface area (Å²) in [6, 6.07) is 13.0. The van der Waals surface area contributed by atoms with Crippen molar-refractivity contribution in [3.05, 3.63) is 118 Å². The summed E-state index contributed by atoms with van der Waals surface area (Å²) in [5.74, 6) is -8.70. The van der Waals surface area contributed by atoms with E-state index in [0.717, 1.165) is 48.5 Å². The lowest BCUT2D eigenvalue weighted by Gasteiger charge is -2.11. The maximum atomic E-state index is 14.8. The van der Waals surface area contributed by atoms with Gasteiger partial charge in [-0.25, -0.2) is 43.8 Å². The highest BCUT2D eigenvalue weighted by molar-refractivity contribution is 7.89. The zero-order valence-electron chi connectivity index (χ0n) is 31.7. The average molecular weight is 875 g/mol. The highest BCUT2D eigenvalue weighted by Gasteiger charge is 2.19. The SMILES string of the molecule is C/C(=C\c1cc(F)c(Oc2ccc(S(=O)(=O)NCCCCNS(=O)(=O)c3ccc(Oc4c(F)cc(/C=C(\C)C(=O)N=C(N)N)cc4F)cc3)cc2)c(F)c1)C(=O)N=C(N)N. The van der Waals surface area contributed by atoms with Gasteiger partial charge in [0.2, 0.25) is 20.0 Å². The van der Waals surface area contributed by atoms with Gasteiger partial charge in [-0.2, -0.15) is 9.98 Å². The number of hydrogen-bond acceptors (Lipinski definition) is 8. The summed E-state index contributed by atoms with van der Waals surface area (Å²) in [4.78, 5) is 30.1. The van der Waals surface area contributed by atoms with E-state index in [1.54, 1.807) is 0 Å². The van der Waals surface area contributed by atoms with Crippen molar-refractivity contribution in [3.63, 3.8) is 0 Å². The Labute approximate surface area is 341 Å². The molecule has 0 heterocycles. The van der Waals surface area contributed by atoms with Gasteiger partial charge in [-0.05, 0) is 123 Å². The van der Waals surface area contributed by atoms with Crippen LogP contribution in [0.3, 0.4) is 0 Å². The Morgan fingerprint density at radius 2 is 0.883 bits per heavy atom. The Balaban J connectivity index is 1.25. The second-order valence-corrected chi connectivity index (χ2v) is 16.1. The van der Waals surface area contributed by atoms with Gasteiger partial charge in [-0.3, -0.25) is 9.59 Å². The summed E-state index contributed by atoms with van der Waals surface area (Å²) in [5, 5.41) is 0. The van der Waals surface area contributed by atoms with Crippen LogP contribution in [0.4, 0.5) is 17.6 Å². The molecule has 16 nitrogen and oxygen atoms in total. The topological polar surface area (TPSA) is 274 Å². The number of rotatable bonds is 17. The minimum Gasteiger partial charge on any atom is -0.451 e. The third kappa shape index (κ3) is 12.9. The molecule has 0 aliphatic heterocycles. The number of carbonyl (C=O) groups excluding carboxylic acids is 2. The monoisotopic (exact) mass is 874 g/mol. The maximum absolute atomic E-state index is 14.8. The number of carbonyl (C=O) groups is 2. The molecule has 0 spiro atoms. The van der Waals surface area contributed by atoms with Gasteiger partial charge in [-0.15, -0.1) is 0 Å². The fourth-order valence-corrected chi connectivity index (χ4v) is 7.14. The molecule has 0 aromatic heterocycles. The zero-order valence-corrected chi connectivity index (χ0v) is 33.3. The average Bonchev–Trinajstić information content (AvgIpc) is 3.15. The van der Waals surface area contributed by atoms with Crippen LogP contribution < -0.4 is 41.9 Å². The summed E-state index contributed by atoms with van der Waals surface area (Å²) in [6.45, 7) is 2.56. The van der Waals surface area contributed by atoms with Crippen LogP contribution in [0, 0.1) is 23.3 Å². The molecular weight excluding hydrogens is 837 g/mol. The summed E-state index contributed by atoms with van der Waals surface area (Å²) < 4.78 is 126. The second kappa shape index (κ2) is 19.9. The Kier molecular flexibility index (Phi) is 15.3. The molecule has 2 amide bonds. The number of guanidine groups is 2. The number of aliphatic imine (C=N–C) groups is 2. The van der Waals surface area contributed by atoms with E-state index in [1.807, 2.05) is 0 Å². The number of nitrogens with one attached hydrogen (secondary N) is 2. The first-order chi connectivity index (χ1) is 28.1. The molecule has 0 aliphatic carbocycles. The Morgan fingerprint density at radius 1 is 0.583 bits per heavy atom. The summed E-state index contributed by atoms with van der Waals surface area (Å²) >= 11 is 0. The number of ether oxygens (including phenoxy) is 2. The molecule has 0 saturated heterocycles. The molecular formula is C38H38F4N8O8S2. The van der Waals surface area contributed by atoms with Crippen molar-refractivity contribution in [1.29, 1.82) is 0 Å². The molecule has 4 aromatic rings. The van der Waals surface area contributed by atoms with Crippen molar-refractivity contribution in [2.45, 2.75) is 36.5 Å². The molecule has 0 saturated carbocycles. The van der Waals surface area contributed by atoms with E-state index >= 15 is 0 Å². The number of unbranched alkanes of at least 4 members (excludes halogenated alkanes) is 1. The van der Waals surface area contributed by atoms with Crippen LogP contribution in [0.5, 0.6) is 23.0 Å². The van der Waals surface area contributed by atoms with E-state index in [2.05, 4.69) is 19.4 Å². The first-order valence-corrected chi connectivity index (χ1v) is 20.3. The molecule has 60 heavy (non-hydrogen) atoms. The number of amides is 2. The molecule has 22 heteroatoms. The van der Waals surface area contributed by atoms with Crippen molar-refractivity contribution < 1.29 is 53.5 Å². The lowest BCUT2D eigenvalue weighted by molar-refractivity contribution is -0.115. The Bertz CT molecular complexity index is 2390. The van der Waals surface area contributed by atoms with E-state index in [0.29, 0.717) is 0 Å². The zero-order chi connectivity index (χ0) is 44.4. The number of hydrogen-bond donors (Lipinski definition) is 6. The third-order valence-corrected chi connectivity index (χ3v) is 10.8. The van der Waals surface area contributed by atoms with Crippen LogP contribution in [0.15, 0.2) is 104 Å². The van der Waals surface area contributed by atoms with Crippen molar-refractivity contribution in [2.75, 3.05) is 13.1 Å². The smallest absolute Gasteiger partial charge is 0.275 e. The van der Waals surface area contributed by atoms with Gasteiger partial charge in [0, 0.05) is 24.2 Å². The van der Waals surface area contributed by atoms with Gasteiger partial charge in [0.05, 0.1) is 9.79 Å². The fraction of sp³-hybridized carbons (Fsp3) is 0.158. The van der Waals surface area contributed by atoms with Crippen molar-refractivity contribution in [1.82, 2.24) is 9.44 Å². The Hall–Kier alpha value is -6.62. The lowest BCUT2D eigenvalue weighted by Crippen LogP contribution is -2.27. The van der Waals surface area contributed by atoms with E-state index < -0.39 is 78.5 Å². The van der Waals surface area contributed by atoms with Crippen LogP contribution in [0.25, 0.3) is 12.2 Å². The normalized spacial score (nSPS) is 12.1. The fourth-order valence-electron chi connectivity index (χ4n) is 4.99. The maximum Gasteiger partial charge on any atom is 0.275 e. The van der Waals surface area contributed by atoms with Crippen LogP contribution in [-0.4, -0.2) is 53.7 Å². The minimum atomic E-state index is -4.04. The van der Waals surface area contributed by atoms with E-state index in [-0.39, 0.29) is 69.5 Å². The van der Waals surface area contributed by atoms with Crippen LogP contribution >= 0.6 is 0 Å². The molecule has 4 aromatic carbocycles. The molecule has 0 aliphatic rings. The summed E-state index contributed by atoms with van der Waals surface area (Å²) in [5.41, 5.74) is 20.6. The van der Waals surface area contributed by atoms with Gasteiger partial charge in [0.15, 0.2) is 46.7 Å². The molecule has 0 bridgehead atoms. The second-order valence-electron chi connectivity index (χ2n) is 12.6. The van der Waals surface area contributed by atoms with Crippen molar-refractivity contribution >= 4 is 55.9 Å². The predicted molar refractivity (Wildman–Crippen MR) is 214 cm³/mol. The number of sulfonamides is 2. The van der Waals surface area contributed by atoms with Crippen molar-refractivity contribution in [2.24, 2.45) is 32.9 Å². The molecule has 0 fully saturated rings. The third-order valence-electron chi connectivity index (χ3n) is 7.84. The van der Waals surface area contributed by atoms with Crippen LogP contribution in [0.2, 0.25) is 0 Å². The number of nitrogens with two attached hydrogens (primary N) is 4. The van der Waals surface area contributed by atoms with Gasteiger partial charge in [-0.1, -0.05) is 0 Å². The first kappa shape index (κ1) is 46.1. The lowest BCUT2D eigenvalue weighted by atomic mass is 10.1. The van der Waals surface area contributed by atoms with Crippen LogP contribution in [-0.2, 0) is 29.6 Å². The quantitative estimate of drug-likeness (QED) is 0.0285. The van der Waals surface area contributed by atoms with Crippen LogP contribution in [0.1, 0.15) is 37.8 Å². The molecule has 4 rings (SSSR count). The molecule has 0 atom stereocenters. The minimum absolute atomic E-state index is 0.00393. The molecule has 0 unspecified atom stereocenters. The van der Waals surface area contributed by atoms with E-state index in [4.69, 9.17) is 32.4 Å². The number of benzene rings is 4. The van der Waals surface area contributed by atoms with E-state index in [1.165, 1.54) is 50.3 Å². The predicted octanol–water partition coefficient (Wildman–Crippen LogP) is 4.27. The number of halogens is 4. The van der Waals surface area contributed by atoms with Crippen molar-refractivity contribution in [3.8, 4) is 23.0 Å². The number of nitrogens with zero attached hydrogens (tertiary/aromatic N) is 2. The molecule has 10 N–H and O–H groups in total. The van der Waals surface area contributed by atoms with Gasteiger partial charge in [0.25, 0.3) is 11.8 Å². The van der Waals surface area contributed by atoms with Gasteiger partial charge in [0.1, 0.15) is 11.5 Å². The molecule has 0 radical (unpaired) electrons. The largest absolute Gasteiger partial charge is 0.451 e. The highest BCUT2D eigenvalue weighted by atomic mass is 32.2. The molecule has 318 valence electrons. The Morgan fingerprint density at radius 3 is 1.17 bits per heavy atom. The summed E-state index contributed by atoms with van der Waals surface area (Å²) in [7, 11) is -8.08. The first-order valence-electron chi connectivity index (χ1n) is 17.3. The standard InChI is InChI=1S/C38H38F4N8O8S2/c1-21(35(51)49-37(43)44)15-23-17-29(39)33(30(40)18-23)57-25-5-9-27(10-6-25)59(53,54)47-13-3-4-14-48-60(55,56)28-11-7-26(8-12-28)58-34-31(41)19-24(20-32(34)42)16-22(2)36(52)50-38(45)46/h5-12,15-20,47-48H,3-4,13-14H2,1-2H3,(H4,43,44,49,51)(H4,45,46,50,52)/b21-15+,22-16+. The van der Waals surface area contributed by atoms with Gasteiger partial charge >= 0.3 is 0 Å². The van der Waals surface area contributed by atoms with E-state index in [9.17, 15) is 44.0 Å². The highest BCUT2D eigenvalue weighted by Crippen LogP contribution is 2.32.